The number of anilines is 1. The van der Waals surface area contributed by atoms with Gasteiger partial charge in [0.15, 0.2) is 0 Å². The molecule has 11 nitrogen and oxygen atoms in total. The first-order valence-corrected chi connectivity index (χ1v) is 13.7. The summed E-state index contributed by atoms with van der Waals surface area (Å²) in [5.41, 5.74) is 1.99. The number of hydrogen-bond donors (Lipinski definition) is 2. The van der Waals surface area contributed by atoms with Gasteiger partial charge in [0.2, 0.25) is 5.78 Å². The largest absolute Gasteiger partial charge is 0.805 e. The van der Waals surface area contributed by atoms with Crippen molar-refractivity contribution in [2.75, 3.05) is 5.32 Å². The Hall–Kier alpha value is -4.84. The number of nitrogens with one attached hydrogen (secondary N) is 2. The minimum Gasteiger partial charge on any atom is -0.805 e. The summed E-state index contributed by atoms with van der Waals surface area (Å²) >= 11 is 0. The Bertz CT molecular complexity index is 1840. The molecule has 1 aromatic heterocycles. The van der Waals surface area contributed by atoms with Crippen molar-refractivity contribution < 1.29 is 22.4 Å². The van der Waals surface area contributed by atoms with Crippen molar-refractivity contribution in [3.8, 4) is 0 Å². The Morgan fingerprint density at radius 3 is 2.30 bits per heavy atom. The molecule has 0 saturated carbocycles. The molecule has 12 heteroatoms. The number of benzene rings is 3. The van der Waals surface area contributed by atoms with E-state index in [-0.39, 0.29) is 21.6 Å². The number of fused-ring (bicyclic) bond motifs is 1. The van der Waals surface area contributed by atoms with Gasteiger partial charge in [0.05, 0.1) is 21.4 Å². The van der Waals surface area contributed by atoms with Crippen LogP contribution in [0.25, 0.3) is 11.0 Å². The highest BCUT2D eigenvalue weighted by Crippen LogP contribution is 2.17. The molecule has 4 rings (SSSR count). The molecule has 40 heavy (non-hydrogen) atoms. The minimum absolute atomic E-state index is 0.0374. The second-order valence-electron chi connectivity index (χ2n) is 9.33. The topological polar surface area (TPSA) is 156 Å². The molecule has 1 amide bonds. The average Bonchev–Trinajstić information content (AvgIpc) is 2.92. The maximum atomic E-state index is 13.4. The summed E-state index contributed by atoms with van der Waals surface area (Å²) in [7, 11) is -4.19. The van der Waals surface area contributed by atoms with Gasteiger partial charge in [-0.1, -0.05) is 35.9 Å². The molecule has 0 aliphatic carbocycles. The van der Waals surface area contributed by atoms with Crippen LogP contribution in [0.2, 0.25) is 0 Å². The number of amides is 1. The number of carbonyl (C=O) groups excluding carboxylic acids is 2. The number of hydrogen-bond acceptors (Lipinski definition) is 7. The van der Waals surface area contributed by atoms with Crippen molar-refractivity contribution in [3.05, 3.63) is 105 Å². The Balaban J connectivity index is 1.72. The van der Waals surface area contributed by atoms with E-state index in [2.05, 4.69) is 10.4 Å². The van der Waals surface area contributed by atoms with Crippen LogP contribution < -0.4 is 14.6 Å². The minimum atomic E-state index is -4.19. The third-order valence-corrected chi connectivity index (χ3v) is 7.65. The Morgan fingerprint density at radius 2 is 1.62 bits per heavy atom. The Morgan fingerprint density at radius 1 is 0.950 bits per heavy atom. The van der Waals surface area contributed by atoms with Gasteiger partial charge in [-0.05, 0) is 69.2 Å². The molecule has 0 fully saturated rings. The van der Waals surface area contributed by atoms with Gasteiger partial charge in [-0.3, -0.25) is 9.59 Å². The Kier molecular flexibility index (Phi) is 7.82. The van der Waals surface area contributed by atoms with Crippen molar-refractivity contribution in [1.82, 2.24) is 9.56 Å². The van der Waals surface area contributed by atoms with Crippen LogP contribution >= 0.6 is 0 Å². The third kappa shape index (κ3) is 5.76. The van der Waals surface area contributed by atoms with Gasteiger partial charge < -0.3 is 15.3 Å². The van der Waals surface area contributed by atoms with Gasteiger partial charge in [0.1, 0.15) is 11.2 Å². The van der Waals surface area contributed by atoms with Crippen LogP contribution in [0.1, 0.15) is 39.3 Å². The highest BCUT2D eigenvalue weighted by atomic mass is 32.2. The molecule has 206 valence electrons. The molecule has 3 aromatic carbocycles. The summed E-state index contributed by atoms with van der Waals surface area (Å²) in [5.74, 6) is -1.76. The zero-order valence-electron chi connectivity index (χ0n) is 22.3. The number of carbonyl (C=O) groups is 2. The van der Waals surface area contributed by atoms with Crippen LogP contribution in [-0.2, 0) is 14.8 Å². The molecular weight excluding hydrogens is 534 g/mol. The standard InChI is InChI=1S/C28H27N5O6S/c1-17-9-13-22(14-10-17)40(38,39)31-30-23(28(35)29-21-12-11-18(2)19(3)15-21)16-26(34)27-20(4)32(36)24-7-5-6-8-25(24)33(27)37/h5-15,31H,16H2,1-4H3,(H,29,35)/b30-23-. The van der Waals surface area contributed by atoms with Crippen molar-refractivity contribution in [1.29, 1.82) is 0 Å². The molecule has 2 N–H and O–H groups in total. The zero-order valence-corrected chi connectivity index (χ0v) is 23.1. The maximum absolute atomic E-state index is 13.4. The van der Waals surface area contributed by atoms with Gasteiger partial charge in [-0.15, -0.1) is 0 Å². The number of sulfonamides is 1. The van der Waals surface area contributed by atoms with Gasteiger partial charge in [-0.2, -0.15) is 18.4 Å². The molecule has 0 bridgehead atoms. The van der Waals surface area contributed by atoms with E-state index in [1.165, 1.54) is 31.2 Å². The molecule has 0 aliphatic rings. The van der Waals surface area contributed by atoms with E-state index in [1.807, 2.05) is 18.7 Å². The van der Waals surface area contributed by atoms with Crippen LogP contribution in [0.3, 0.4) is 0 Å². The number of aryl methyl sites for hydroxylation is 3. The first kappa shape index (κ1) is 28.2. The summed E-state index contributed by atoms with van der Waals surface area (Å²) in [5, 5.41) is 19.2. The van der Waals surface area contributed by atoms with E-state index in [9.17, 15) is 28.1 Å². The SMILES string of the molecule is Cc1ccc(S(=O)(=O)N/N=C(/CC(=O)c2c(C)n([O-])c3ccccc3[n+]2=O)C(=O)Nc2ccc(C)c(C)c2)cc1. The fourth-order valence-electron chi connectivity index (χ4n) is 3.98. The van der Waals surface area contributed by atoms with Gasteiger partial charge >= 0.3 is 5.69 Å². The lowest BCUT2D eigenvalue weighted by molar-refractivity contribution is -0.468. The van der Waals surface area contributed by atoms with E-state index in [1.54, 1.807) is 49.4 Å². The summed E-state index contributed by atoms with van der Waals surface area (Å²) in [4.78, 5) is 41.6. The molecule has 1 heterocycles. The smallest absolute Gasteiger partial charge is 0.325 e. The number of aromatic nitrogens is 2. The highest BCUT2D eigenvalue weighted by molar-refractivity contribution is 7.89. The van der Waals surface area contributed by atoms with E-state index in [0.29, 0.717) is 14.8 Å². The molecule has 0 unspecified atom stereocenters. The van der Waals surface area contributed by atoms with Gasteiger partial charge in [0, 0.05) is 16.7 Å². The summed E-state index contributed by atoms with van der Waals surface area (Å²) in [6.45, 7) is 6.87. The normalized spacial score (nSPS) is 11.8. The van der Waals surface area contributed by atoms with Gasteiger partial charge in [-0.25, -0.2) is 0 Å². The lowest BCUT2D eigenvalue weighted by Gasteiger charge is -2.16. The molecule has 0 spiro atoms. The maximum Gasteiger partial charge on any atom is 0.325 e. The summed E-state index contributed by atoms with van der Waals surface area (Å²) < 4.78 is 26.5. The molecule has 0 atom stereocenters. The molecule has 0 saturated heterocycles. The van der Waals surface area contributed by atoms with Crippen molar-refractivity contribution in [3.63, 3.8) is 0 Å². The molecular formula is C28H27N5O6S. The fraction of sp³-hybridized carbons (Fsp3) is 0.179. The lowest BCUT2D eigenvalue weighted by Crippen LogP contribution is -2.34. The van der Waals surface area contributed by atoms with Crippen LogP contribution in [0.15, 0.2) is 76.7 Å². The number of ketones is 1. The number of Topliss-reactive ketones (excluding diaryl/α,β-unsaturated/α-hetero) is 1. The van der Waals surface area contributed by atoms with Gasteiger partial charge in [0.25, 0.3) is 21.4 Å². The second-order valence-corrected chi connectivity index (χ2v) is 11.0. The lowest BCUT2D eigenvalue weighted by atomic mass is 10.1. The van der Waals surface area contributed by atoms with Crippen LogP contribution in [0.4, 0.5) is 5.69 Å². The number of nitrogens with zero attached hydrogens (tertiary/aromatic N) is 3. The predicted octanol–water partition coefficient (Wildman–Crippen LogP) is 3.68. The van der Waals surface area contributed by atoms with Crippen molar-refractivity contribution >= 4 is 44.1 Å². The van der Waals surface area contributed by atoms with E-state index in [4.69, 9.17) is 0 Å². The van der Waals surface area contributed by atoms with Crippen LogP contribution in [0, 0.1) is 37.8 Å². The molecule has 0 radical (unpaired) electrons. The number of para-hydroxylation sites is 2. The summed E-state index contributed by atoms with van der Waals surface area (Å²) in [6, 6.07) is 17.1. The van der Waals surface area contributed by atoms with Crippen LogP contribution in [0.5, 0.6) is 0 Å². The number of hydrazone groups is 1. The van der Waals surface area contributed by atoms with Crippen LogP contribution in [-0.4, -0.2) is 30.6 Å². The van der Waals surface area contributed by atoms with E-state index in [0.717, 1.165) is 16.7 Å². The quantitative estimate of drug-likeness (QED) is 0.145. The van der Waals surface area contributed by atoms with Crippen molar-refractivity contribution in [2.24, 2.45) is 5.10 Å². The van der Waals surface area contributed by atoms with E-state index >= 15 is 0 Å². The first-order valence-electron chi connectivity index (χ1n) is 12.2. The predicted molar refractivity (Wildman–Crippen MR) is 151 cm³/mol. The number of rotatable bonds is 8. The first-order chi connectivity index (χ1) is 18.9. The fourth-order valence-corrected chi connectivity index (χ4v) is 4.81. The van der Waals surface area contributed by atoms with Crippen molar-refractivity contribution in [2.45, 2.75) is 39.0 Å². The zero-order chi connectivity index (χ0) is 29.2. The molecule has 0 aliphatic heterocycles. The average molecular weight is 562 g/mol. The Labute approximate surface area is 230 Å². The molecule has 4 aromatic rings. The third-order valence-electron chi connectivity index (χ3n) is 6.42. The van der Waals surface area contributed by atoms with E-state index < -0.39 is 39.5 Å². The second kappa shape index (κ2) is 11.1. The highest BCUT2D eigenvalue weighted by Gasteiger charge is 2.30. The summed E-state index contributed by atoms with van der Waals surface area (Å²) in [6.07, 6.45) is -0.769. The monoisotopic (exact) mass is 561 g/mol.